The number of aromatic nitrogens is 1. The predicted octanol–water partition coefficient (Wildman–Crippen LogP) is 5.79. The summed E-state index contributed by atoms with van der Waals surface area (Å²) in [5.41, 5.74) is 2.28. The summed E-state index contributed by atoms with van der Waals surface area (Å²) >= 11 is 1.27. The van der Waals surface area contributed by atoms with Gasteiger partial charge in [-0.15, -0.1) is 0 Å². The van der Waals surface area contributed by atoms with Crippen LogP contribution in [-0.4, -0.2) is 33.3 Å². The standard InChI is InChI=1S/C28H23N3O6S/c1-3-16-5-14-21-22(15-16)38-28(29-21)30-24(17-6-10-19(11-7-17)31(35)36)23(26(33)27(30)34)25(32)18-8-12-20(13-9-18)37-4-2/h5-15,24,32H,3-4H2,1-2H3/t24-/m0/s1. The van der Waals surface area contributed by atoms with Gasteiger partial charge >= 0.3 is 5.91 Å². The average molecular weight is 530 g/mol. The van der Waals surface area contributed by atoms with Crippen LogP contribution in [-0.2, 0) is 16.0 Å². The number of carbonyl (C=O) groups is 2. The number of anilines is 1. The van der Waals surface area contributed by atoms with Gasteiger partial charge in [-0.3, -0.25) is 24.6 Å². The molecular weight excluding hydrogens is 506 g/mol. The van der Waals surface area contributed by atoms with Crippen molar-refractivity contribution >= 4 is 49.8 Å². The van der Waals surface area contributed by atoms with Crippen molar-refractivity contribution in [2.75, 3.05) is 11.5 Å². The van der Waals surface area contributed by atoms with Crippen molar-refractivity contribution in [3.8, 4) is 5.75 Å². The number of rotatable bonds is 7. The van der Waals surface area contributed by atoms with E-state index in [2.05, 4.69) is 4.98 Å². The molecule has 5 rings (SSSR count). The van der Waals surface area contributed by atoms with E-state index >= 15 is 0 Å². The number of Topliss-reactive ketones (excluding diaryl/α,β-unsaturated/α-hetero) is 1. The number of amides is 1. The second-order valence-corrected chi connectivity index (χ2v) is 9.64. The van der Waals surface area contributed by atoms with Gasteiger partial charge in [0, 0.05) is 17.7 Å². The van der Waals surface area contributed by atoms with Crippen LogP contribution in [0.15, 0.2) is 72.3 Å². The lowest BCUT2D eigenvalue weighted by molar-refractivity contribution is -0.384. The Labute approximate surface area is 221 Å². The zero-order valence-electron chi connectivity index (χ0n) is 20.6. The fraction of sp³-hybridized carbons (Fsp3) is 0.179. The van der Waals surface area contributed by atoms with Crippen molar-refractivity contribution in [1.29, 1.82) is 0 Å². The molecule has 0 saturated carbocycles. The highest BCUT2D eigenvalue weighted by molar-refractivity contribution is 7.22. The van der Waals surface area contributed by atoms with E-state index in [1.54, 1.807) is 24.3 Å². The van der Waals surface area contributed by atoms with Gasteiger partial charge in [-0.2, -0.15) is 0 Å². The zero-order valence-corrected chi connectivity index (χ0v) is 21.4. The number of aliphatic hydroxyl groups excluding tert-OH is 1. The Morgan fingerprint density at radius 3 is 2.42 bits per heavy atom. The first-order valence-corrected chi connectivity index (χ1v) is 12.8. The monoisotopic (exact) mass is 529 g/mol. The summed E-state index contributed by atoms with van der Waals surface area (Å²) in [7, 11) is 0. The Morgan fingerprint density at radius 1 is 1.08 bits per heavy atom. The quantitative estimate of drug-likeness (QED) is 0.106. The molecule has 0 radical (unpaired) electrons. The molecule has 3 aromatic carbocycles. The lowest BCUT2D eigenvalue weighted by atomic mass is 9.95. The Kier molecular flexibility index (Phi) is 6.64. The fourth-order valence-electron chi connectivity index (χ4n) is 4.43. The highest BCUT2D eigenvalue weighted by Crippen LogP contribution is 2.44. The fourth-order valence-corrected chi connectivity index (χ4v) is 5.49. The van der Waals surface area contributed by atoms with E-state index in [9.17, 15) is 24.8 Å². The van der Waals surface area contributed by atoms with E-state index in [4.69, 9.17) is 4.74 Å². The summed E-state index contributed by atoms with van der Waals surface area (Å²) in [6, 6.07) is 16.9. The highest BCUT2D eigenvalue weighted by Gasteiger charge is 2.48. The molecule has 1 N–H and O–H groups in total. The van der Waals surface area contributed by atoms with Crippen LogP contribution in [0.3, 0.4) is 0 Å². The molecule has 0 unspecified atom stereocenters. The number of nitro benzene ring substituents is 1. The topological polar surface area (TPSA) is 123 Å². The minimum absolute atomic E-state index is 0.124. The van der Waals surface area contributed by atoms with Gasteiger partial charge in [-0.25, -0.2) is 4.98 Å². The molecule has 1 atom stereocenters. The molecule has 1 aliphatic rings. The number of hydrogen-bond acceptors (Lipinski definition) is 8. The van der Waals surface area contributed by atoms with Crippen LogP contribution in [0.4, 0.5) is 10.8 Å². The lowest BCUT2D eigenvalue weighted by Crippen LogP contribution is -2.29. The first-order valence-electron chi connectivity index (χ1n) is 12.0. The maximum absolute atomic E-state index is 13.4. The first-order chi connectivity index (χ1) is 18.3. The third kappa shape index (κ3) is 4.39. The minimum Gasteiger partial charge on any atom is -0.507 e. The van der Waals surface area contributed by atoms with E-state index in [0.29, 0.717) is 34.1 Å². The summed E-state index contributed by atoms with van der Waals surface area (Å²) in [5.74, 6) is -1.46. The minimum atomic E-state index is -1.03. The molecule has 38 heavy (non-hydrogen) atoms. The van der Waals surface area contributed by atoms with Crippen LogP contribution in [0.2, 0.25) is 0 Å². The summed E-state index contributed by atoms with van der Waals surface area (Å²) < 4.78 is 6.31. The van der Waals surface area contributed by atoms with E-state index in [1.165, 1.54) is 40.5 Å². The number of non-ortho nitro benzene ring substituents is 1. The third-order valence-corrected chi connectivity index (χ3v) is 7.38. The van der Waals surface area contributed by atoms with Crippen LogP contribution in [0, 0.1) is 10.1 Å². The molecule has 10 heteroatoms. The molecule has 9 nitrogen and oxygen atoms in total. The Morgan fingerprint density at radius 2 is 1.79 bits per heavy atom. The zero-order chi connectivity index (χ0) is 27.0. The molecule has 4 aromatic rings. The maximum Gasteiger partial charge on any atom is 0.301 e. The van der Waals surface area contributed by atoms with Crippen LogP contribution < -0.4 is 9.64 Å². The van der Waals surface area contributed by atoms with Crippen LogP contribution in [0.25, 0.3) is 16.0 Å². The number of benzene rings is 3. The van der Waals surface area contributed by atoms with Crippen molar-refractivity contribution in [3.63, 3.8) is 0 Å². The normalized spacial score (nSPS) is 16.8. The van der Waals surface area contributed by atoms with Crippen LogP contribution >= 0.6 is 11.3 Å². The molecule has 1 saturated heterocycles. The second kappa shape index (κ2) is 10.1. The van der Waals surface area contributed by atoms with Crippen molar-refractivity contribution in [2.24, 2.45) is 0 Å². The van der Waals surface area contributed by atoms with E-state index in [-0.39, 0.29) is 17.0 Å². The smallest absolute Gasteiger partial charge is 0.301 e. The number of aliphatic hydroxyl groups is 1. The Hall–Kier alpha value is -4.57. The summed E-state index contributed by atoms with van der Waals surface area (Å²) in [4.78, 5) is 43.4. The van der Waals surface area contributed by atoms with Gasteiger partial charge in [-0.05, 0) is 73.0 Å². The molecule has 0 spiro atoms. The van der Waals surface area contributed by atoms with E-state index in [1.807, 2.05) is 32.0 Å². The number of nitrogens with zero attached hydrogens (tertiary/aromatic N) is 3. The van der Waals surface area contributed by atoms with Gasteiger partial charge in [0.05, 0.1) is 33.4 Å². The van der Waals surface area contributed by atoms with E-state index in [0.717, 1.165) is 16.7 Å². The largest absolute Gasteiger partial charge is 0.507 e. The Bertz CT molecular complexity index is 1590. The summed E-state index contributed by atoms with van der Waals surface area (Å²) in [5, 5.41) is 22.8. The number of fused-ring (bicyclic) bond motifs is 1. The van der Waals surface area contributed by atoms with Crippen molar-refractivity contribution < 1.29 is 24.4 Å². The van der Waals surface area contributed by atoms with Gasteiger partial charge in [0.15, 0.2) is 5.13 Å². The predicted molar refractivity (Wildman–Crippen MR) is 144 cm³/mol. The maximum atomic E-state index is 13.4. The Balaban J connectivity index is 1.67. The molecule has 1 fully saturated rings. The highest BCUT2D eigenvalue weighted by atomic mass is 32.1. The molecule has 1 aromatic heterocycles. The van der Waals surface area contributed by atoms with Gasteiger partial charge in [0.2, 0.25) is 0 Å². The van der Waals surface area contributed by atoms with Gasteiger partial charge in [0.25, 0.3) is 11.5 Å². The number of nitro groups is 1. The number of aryl methyl sites for hydroxylation is 1. The summed E-state index contributed by atoms with van der Waals surface area (Å²) in [6.07, 6.45) is 0.832. The van der Waals surface area contributed by atoms with E-state index < -0.39 is 22.7 Å². The average Bonchev–Trinajstić information content (AvgIpc) is 3.46. The molecule has 0 bridgehead atoms. The number of carbonyl (C=O) groups excluding carboxylic acids is 2. The molecule has 1 amide bonds. The SMILES string of the molecule is CCOc1ccc(C(O)=C2C(=O)C(=O)N(c3nc4ccc(CC)cc4s3)[C@H]2c2ccc([N+](=O)[O-])cc2)cc1. The van der Waals surface area contributed by atoms with Crippen molar-refractivity contribution in [3.05, 3.63) is 99.1 Å². The van der Waals surface area contributed by atoms with Gasteiger partial charge < -0.3 is 9.84 Å². The number of ether oxygens (including phenoxy) is 1. The van der Waals surface area contributed by atoms with Gasteiger partial charge in [0.1, 0.15) is 11.5 Å². The number of hydrogen-bond donors (Lipinski definition) is 1. The molecule has 192 valence electrons. The van der Waals surface area contributed by atoms with Crippen molar-refractivity contribution in [1.82, 2.24) is 4.98 Å². The third-order valence-electron chi connectivity index (χ3n) is 6.36. The molecule has 1 aliphatic heterocycles. The van der Waals surface area contributed by atoms with Gasteiger partial charge in [-0.1, -0.05) is 24.3 Å². The van der Waals surface area contributed by atoms with Crippen LogP contribution in [0.1, 0.15) is 36.6 Å². The lowest BCUT2D eigenvalue weighted by Gasteiger charge is -2.22. The summed E-state index contributed by atoms with van der Waals surface area (Å²) in [6.45, 7) is 4.36. The molecule has 0 aliphatic carbocycles. The number of thiazole rings is 1. The first kappa shape index (κ1) is 25.1. The van der Waals surface area contributed by atoms with Crippen molar-refractivity contribution in [2.45, 2.75) is 26.3 Å². The second-order valence-electron chi connectivity index (χ2n) is 8.63. The van der Waals surface area contributed by atoms with Crippen LogP contribution in [0.5, 0.6) is 5.75 Å². The number of ketones is 1. The molecular formula is C28H23N3O6S. The molecule has 2 heterocycles.